The molecule has 0 bridgehead atoms. The van der Waals surface area contributed by atoms with Gasteiger partial charge in [0.1, 0.15) is 6.29 Å². The number of fused-ring (bicyclic) bond motifs is 3. The maximum Gasteiger partial charge on any atom is 0.335 e. The molecule has 0 saturated heterocycles. The molecular weight excluding hydrogens is 300 g/mol. The van der Waals surface area contributed by atoms with Crippen LogP contribution in [0, 0.1) is 11.3 Å². The highest BCUT2D eigenvalue weighted by molar-refractivity contribution is 5.90. The van der Waals surface area contributed by atoms with E-state index in [9.17, 15) is 14.7 Å². The van der Waals surface area contributed by atoms with Gasteiger partial charge in [-0.3, -0.25) is 0 Å². The van der Waals surface area contributed by atoms with Gasteiger partial charge in [-0.2, -0.15) is 0 Å². The normalized spacial score (nSPS) is 32.1. The highest BCUT2D eigenvalue weighted by atomic mass is 16.4. The Kier molecular flexibility index (Phi) is 4.09. The largest absolute Gasteiger partial charge is 0.478 e. The summed E-state index contributed by atoms with van der Waals surface area (Å²) in [5, 5.41) is 9.69. The van der Waals surface area contributed by atoms with Crippen LogP contribution >= 0.6 is 0 Å². The van der Waals surface area contributed by atoms with E-state index in [0.717, 1.165) is 44.0 Å². The lowest BCUT2D eigenvalue weighted by Crippen LogP contribution is -2.49. The van der Waals surface area contributed by atoms with Crippen molar-refractivity contribution >= 4 is 12.3 Å². The molecule has 1 aromatic rings. The van der Waals surface area contributed by atoms with E-state index in [0.29, 0.717) is 11.5 Å². The van der Waals surface area contributed by atoms with Crippen LogP contribution in [-0.4, -0.2) is 17.4 Å². The van der Waals surface area contributed by atoms with E-state index >= 15 is 0 Å². The SMILES string of the molecule is CC(C)c1cc2c(cc1C(=O)O)C1(C)CCCC(C)(C=O)C1CC2. The molecule has 0 amide bonds. The molecule has 3 atom stereocenters. The second-order valence-electron chi connectivity index (χ2n) is 8.54. The summed E-state index contributed by atoms with van der Waals surface area (Å²) in [5.74, 6) is -0.352. The van der Waals surface area contributed by atoms with Crippen molar-refractivity contribution in [2.75, 3.05) is 0 Å². The van der Waals surface area contributed by atoms with E-state index in [-0.39, 0.29) is 16.7 Å². The van der Waals surface area contributed by atoms with Gasteiger partial charge in [0, 0.05) is 5.41 Å². The molecule has 3 rings (SSSR count). The van der Waals surface area contributed by atoms with Crippen LogP contribution in [0.4, 0.5) is 0 Å². The Balaban J connectivity index is 2.19. The van der Waals surface area contributed by atoms with E-state index in [2.05, 4.69) is 19.9 Å². The number of carbonyl (C=O) groups excluding carboxylic acids is 1. The molecule has 3 unspecified atom stereocenters. The summed E-state index contributed by atoms with van der Waals surface area (Å²) in [4.78, 5) is 23.6. The summed E-state index contributed by atoms with van der Waals surface area (Å²) in [7, 11) is 0. The topological polar surface area (TPSA) is 54.4 Å². The van der Waals surface area contributed by atoms with Gasteiger partial charge in [0.15, 0.2) is 0 Å². The molecule has 3 nitrogen and oxygen atoms in total. The van der Waals surface area contributed by atoms with Crippen LogP contribution in [0.25, 0.3) is 0 Å². The zero-order valence-corrected chi connectivity index (χ0v) is 15.2. The highest BCUT2D eigenvalue weighted by Crippen LogP contribution is 2.56. The summed E-state index contributed by atoms with van der Waals surface area (Å²) in [6, 6.07) is 4.05. The van der Waals surface area contributed by atoms with Gasteiger partial charge in [0.25, 0.3) is 0 Å². The van der Waals surface area contributed by atoms with Crippen molar-refractivity contribution in [3.63, 3.8) is 0 Å². The molecule has 0 aromatic heterocycles. The molecule has 0 radical (unpaired) electrons. The molecule has 0 heterocycles. The highest BCUT2D eigenvalue weighted by Gasteiger charge is 2.52. The summed E-state index contributed by atoms with van der Waals surface area (Å²) >= 11 is 0. The maximum absolute atomic E-state index is 11.8. The molecule has 1 aromatic carbocycles. The molecule has 0 aliphatic heterocycles. The first-order valence-electron chi connectivity index (χ1n) is 9.10. The average Bonchev–Trinajstić information content (AvgIpc) is 2.53. The molecule has 1 saturated carbocycles. The third kappa shape index (κ3) is 2.40. The molecule has 1 fully saturated rings. The summed E-state index contributed by atoms with van der Waals surface area (Å²) in [6.45, 7) is 8.43. The third-order valence-electron chi connectivity index (χ3n) is 6.69. The van der Waals surface area contributed by atoms with Crippen LogP contribution in [0.2, 0.25) is 0 Å². The zero-order valence-electron chi connectivity index (χ0n) is 15.2. The lowest BCUT2D eigenvalue weighted by atomic mass is 9.50. The Bertz CT molecular complexity index is 691. The number of hydrogen-bond donors (Lipinski definition) is 1. The molecule has 130 valence electrons. The number of hydrogen-bond acceptors (Lipinski definition) is 2. The van der Waals surface area contributed by atoms with Crippen LogP contribution < -0.4 is 0 Å². The number of carboxylic acids is 1. The maximum atomic E-state index is 11.8. The standard InChI is InChI=1S/C21H28O3/c1-13(2)15-10-14-6-7-18-20(3,12-22)8-5-9-21(18,4)17(14)11-16(15)19(23)24/h10-13,18H,5-9H2,1-4H3,(H,23,24). The van der Waals surface area contributed by atoms with Gasteiger partial charge in [-0.05, 0) is 65.7 Å². The summed E-state index contributed by atoms with van der Waals surface area (Å²) in [6.07, 6.45) is 6.12. The van der Waals surface area contributed by atoms with E-state index in [4.69, 9.17) is 0 Å². The minimum Gasteiger partial charge on any atom is -0.478 e. The van der Waals surface area contributed by atoms with Gasteiger partial charge in [-0.15, -0.1) is 0 Å². The second-order valence-corrected chi connectivity index (χ2v) is 8.54. The Hall–Kier alpha value is -1.64. The van der Waals surface area contributed by atoms with Crippen molar-refractivity contribution in [2.45, 2.75) is 71.1 Å². The predicted octanol–water partition coefficient (Wildman–Crippen LogP) is 4.72. The molecule has 2 aliphatic rings. The van der Waals surface area contributed by atoms with Crippen molar-refractivity contribution < 1.29 is 14.7 Å². The molecule has 3 heteroatoms. The molecule has 24 heavy (non-hydrogen) atoms. The quantitative estimate of drug-likeness (QED) is 0.817. The third-order valence-corrected chi connectivity index (χ3v) is 6.69. The van der Waals surface area contributed by atoms with Gasteiger partial charge >= 0.3 is 5.97 Å². The average molecular weight is 328 g/mol. The van der Waals surface area contributed by atoms with E-state index in [1.54, 1.807) is 0 Å². The number of aldehydes is 1. The van der Waals surface area contributed by atoms with Gasteiger partial charge < -0.3 is 9.90 Å². The number of aromatic carboxylic acids is 1. The predicted molar refractivity (Wildman–Crippen MR) is 94.7 cm³/mol. The number of benzene rings is 1. The first kappa shape index (κ1) is 17.2. The van der Waals surface area contributed by atoms with Gasteiger partial charge in [0.05, 0.1) is 5.56 Å². The number of carboxylic acid groups (broad SMARTS) is 1. The van der Waals surface area contributed by atoms with E-state index in [1.165, 1.54) is 11.1 Å². The minimum atomic E-state index is -0.846. The first-order valence-corrected chi connectivity index (χ1v) is 9.10. The molecular formula is C21H28O3. The summed E-state index contributed by atoms with van der Waals surface area (Å²) < 4.78 is 0. The number of carbonyl (C=O) groups is 2. The fourth-order valence-corrected chi connectivity index (χ4v) is 5.39. The lowest BCUT2D eigenvalue weighted by molar-refractivity contribution is -0.123. The van der Waals surface area contributed by atoms with Crippen LogP contribution in [0.1, 0.15) is 86.3 Å². The van der Waals surface area contributed by atoms with E-state index < -0.39 is 5.97 Å². The Morgan fingerprint density at radius 3 is 2.58 bits per heavy atom. The van der Waals surface area contributed by atoms with Crippen LogP contribution in [0.15, 0.2) is 12.1 Å². The molecule has 1 N–H and O–H groups in total. The Morgan fingerprint density at radius 2 is 2.00 bits per heavy atom. The smallest absolute Gasteiger partial charge is 0.335 e. The van der Waals surface area contributed by atoms with Crippen molar-refractivity contribution in [3.05, 3.63) is 34.4 Å². The van der Waals surface area contributed by atoms with Gasteiger partial charge in [0.2, 0.25) is 0 Å². The lowest BCUT2D eigenvalue weighted by Gasteiger charge is -2.53. The van der Waals surface area contributed by atoms with E-state index in [1.807, 2.05) is 19.9 Å². The van der Waals surface area contributed by atoms with Crippen molar-refractivity contribution in [1.82, 2.24) is 0 Å². The van der Waals surface area contributed by atoms with Crippen molar-refractivity contribution in [1.29, 1.82) is 0 Å². The van der Waals surface area contributed by atoms with Crippen molar-refractivity contribution in [3.8, 4) is 0 Å². The van der Waals surface area contributed by atoms with Crippen LogP contribution in [0.5, 0.6) is 0 Å². The number of rotatable bonds is 3. The number of aryl methyl sites for hydroxylation is 1. The Labute approximate surface area is 144 Å². The fourth-order valence-electron chi connectivity index (χ4n) is 5.39. The fraction of sp³-hybridized carbons (Fsp3) is 0.619. The zero-order chi connectivity index (χ0) is 17.7. The minimum absolute atomic E-state index is 0.0960. The Morgan fingerprint density at radius 1 is 1.29 bits per heavy atom. The van der Waals surface area contributed by atoms with Crippen LogP contribution in [-0.2, 0) is 16.6 Å². The molecule has 2 aliphatic carbocycles. The van der Waals surface area contributed by atoms with Gasteiger partial charge in [-0.25, -0.2) is 4.79 Å². The van der Waals surface area contributed by atoms with Crippen LogP contribution in [0.3, 0.4) is 0 Å². The second kappa shape index (κ2) is 5.72. The van der Waals surface area contributed by atoms with Gasteiger partial charge in [-0.1, -0.05) is 40.2 Å². The van der Waals surface area contributed by atoms with Crippen molar-refractivity contribution in [2.24, 2.45) is 11.3 Å². The molecule has 0 spiro atoms. The monoisotopic (exact) mass is 328 g/mol. The first-order chi connectivity index (χ1) is 11.2. The summed E-state index contributed by atoms with van der Waals surface area (Å²) in [5.41, 5.74) is 3.44.